The molecule has 12 N–H and O–H groups in total. The molecule has 1 amide bonds. The number of hydrogen-bond acceptors (Lipinski definition) is 18. The molecule has 0 saturated carbocycles. The molecule has 86 heavy (non-hydrogen) atoms. The minimum Gasteiger partial charge on any atom is -0.394 e. The predicted molar refractivity (Wildman–Crippen MR) is 332 cm³/mol. The third-order valence-corrected chi connectivity index (χ3v) is 16.6. The number of ether oxygens (including phenoxy) is 6. The molecule has 17 atom stereocenters. The maximum atomic E-state index is 13.3. The van der Waals surface area contributed by atoms with E-state index in [9.17, 15) is 61.0 Å². The van der Waals surface area contributed by atoms with Gasteiger partial charge in [-0.15, -0.1) is 0 Å². The van der Waals surface area contributed by atoms with E-state index in [2.05, 4.69) is 79.9 Å². The van der Waals surface area contributed by atoms with Gasteiger partial charge in [-0.3, -0.25) is 4.79 Å². The van der Waals surface area contributed by atoms with Gasteiger partial charge in [0, 0.05) is 6.42 Å². The van der Waals surface area contributed by atoms with Crippen molar-refractivity contribution in [3.05, 3.63) is 60.8 Å². The Hall–Kier alpha value is -2.51. The number of unbranched alkanes of at least 4 members (excludes halogenated alkanes) is 24. The number of amides is 1. The number of carbonyl (C=O) groups excluding carboxylic acids is 1. The van der Waals surface area contributed by atoms with Gasteiger partial charge >= 0.3 is 0 Å². The molecule has 3 aliphatic heterocycles. The van der Waals surface area contributed by atoms with Crippen LogP contribution in [0.5, 0.6) is 0 Å². The lowest BCUT2D eigenvalue weighted by Crippen LogP contribution is -2.66. The van der Waals surface area contributed by atoms with Crippen molar-refractivity contribution < 1.29 is 89.4 Å². The van der Waals surface area contributed by atoms with E-state index in [0.29, 0.717) is 12.8 Å². The van der Waals surface area contributed by atoms with Crippen molar-refractivity contribution in [3.63, 3.8) is 0 Å². The lowest BCUT2D eigenvalue weighted by Gasteiger charge is -2.48. The molecule has 0 radical (unpaired) electrons. The van der Waals surface area contributed by atoms with E-state index in [4.69, 9.17) is 28.4 Å². The molecular formula is C67H119NO18. The van der Waals surface area contributed by atoms with Gasteiger partial charge in [-0.25, -0.2) is 0 Å². The number of rotatable bonds is 50. The highest BCUT2D eigenvalue weighted by Crippen LogP contribution is 2.33. The molecule has 0 aromatic carbocycles. The Bertz CT molecular complexity index is 1800. The Kier molecular flexibility index (Phi) is 44.5. The van der Waals surface area contributed by atoms with E-state index < -0.39 is 124 Å². The van der Waals surface area contributed by atoms with E-state index in [1.54, 1.807) is 0 Å². The zero-order valence-electron chi connectivity index (χ0n) is 52.5. The summed E-state index contributed by atoms with van der Waals surface area (Å²) in [5.41, 5.74) is 0. The van der Waals surface area contributed by atoms with Crippen LogP contribution >= 0.6 is 0 Å². The Morgan fingerprint density at radius 2 is 0.802 bits per heavy atom. The van der Waals surface area contributed by atoms with Crippen LogP contribution < -0.4 is 5.32 Å². The van der Waals surface area contributed by atoms with E-state index in [0.717, 1.165) is 77.0 Å². The molecule has 3 saturated heterocycles. The first-order valence-electron chi connectivity index (χ1n) is 33.5. The molecule has 0 aliphatic carbocycles. The zero-order chi connectivity index (χ0) is 62.6. The van der Waals surface area contributed by atoms with Crippen LogP contribution in [-0.2, 0) is 33.2 Å². The van der Waals surface area contributed by atoms with Gasteiger partial charge in [0.15, 0.2) is 18.9 Å². The van der Waals surface area contributed by atoms with Crippen LogP contribution in [0.25, 0.3) is 0 Å². The summed E-state index contributed by atoms with van der Waals surface area (Å²) >= 11 is 0. The first-order valence-corrected chi connectivity index (χ1v) is 33.5. The molecule has 0 aromatic rings. The van der Waals surface area contributed by atoms with Crippen LogP contribution in [0.4, 0.5) is 0 Å². The van der Waals surface area contributed by atoms with Crippen LogP contribution in [0.1, 0.15) is 226 Å². The Labute approximate surface area is 515 Å². The van der Waals surface area contributed by atoms with Crippen molar-refractivity contribution >= 4 is 5.91 Å². The smallest absolute Gasteiger partial charge is 0.220 e. The second kappa shape index (κ2) is 49.2. The van der Waals surface area contributed by atoms with E-state index in [1.807, 2.05) is 0 Å². The van der Waals surface area contributed by atoms with E-state index in [1.165, 1.54) is 116 Å². The van der Waals surface area contributed by atoms with Crippen molar-refractivity contribution in [1.82, 2.24) is 5.32 Å². The topological polar surface area (TPSA) is 307 Å². The Balaban J connectivity index is 1.31. The summed E-state index contributed by atoms with van der Waals surface area (Å²) in [5.74, 6) is -0.247. The first kappa shape index (κ1) is 77.7. The van der Waals surface area contributed by atoms with Crippen molar-refractivity contribution in [2.45, 2.75) is 330 Å². The van der Waals surface area contributed by atoms with Crippen LogP contribution in [0.15, 0.2) is 60.8 Å². The van der Waals surface area contributed by atoms with Gasteiger partial charge in [-0.1, -0.05) is 222 Å². The number of aliphatic hydroxyl groups is 11. The molecule has 0 bridgehead atoms. The number of allylic oxidation sites excluding steroid dienone is 10. The maximum Gasteiger partial charge on any atom is 0.220 e. The first-order chi connectivity index (χ1) is 41.8. The van der Waals surface area contributed by atoms with Gasteiger partial charge < -0.3 is 89.9 Å². The highest BCUT2D eigenvalue weighted by molar-refractivity contribution is 5.76. The average Bonchev–Trinajstić information content (AvgIpc) is 3.55. The minimum absolute atomic E-state index is 0.247. The van der Waals surface area contributed by atoms with Gasteiger partial charge in [0.2, 0.25) is 5.91 Å². The third-order valence-electron chi connectivity index (χ3n) is 16.6. The van der Waals surface area contributed by atoms with Gasteiger partial charge in [0.25, 0.3) is 0 Å². The molecule has 19 heteroatoms. The molecule has 500 valence electrons. The van der Waals surface area contributed by atoms with Crippen molar-refractivity contribution in [3.8, 4) is 0 Å². The summed E-state index contributed by atoms with van der Waals surface area (Å²) in [6.07, 6.45) is 32.1. The van der Waals surface area contributed by atoms with Crippen LogP contribution in [0, 0.1) is 0 Å². The number of carbonyl (C=O) groups is 1. The third kappa shape index (κ3) is 31.5. The standard InChI is InChI=1S/C67H119NO18/c1-3-5-7-9-11-13-14-15-16-17-18-19-20-21-22-23-24-25-26-27-28-29-30-31-32-33-34-35-36-37-39-41-43-45-55(73)68-50(51(72)44-42-40-38-12-10-8-6-4-2)49-81-65-61(79)58(76)63(53(47-70)83-65)86-67-62(80)59(77)64(54(48-71)84-67)85-66-60(78)57(75)56(74)52(46-69)82-66/h5,7,11,13,15-16,18-19,21-22,50-54,56-67,69-72,74-80H,3-4,6,8-10,12,14,17,20,23-49H2,1-2H3,(H,68,73)/b7-5-,13-11-,16-15-,19-18-,22-21-. The fourth-order valence-electron chi connectivity index (χ4n) is 11.2. The molecule has 3 aliphatic rings. The number of hydrogen-bond donors (Lipinski definition) is 12. The molecule has 0 spiro atoms. The molecular weight excluding hydrogens is 1110 g/mol. The molecule has 3 fully saturated rings. The highest BCUT2D eigenvalue weighted by Gasteiger charge is 2.53. The normalized spacial score (nSPS) is 29.2. The molecule has 3 heterocycles. The Morgan fingerprint density at radius 1 is 0.430 bits per heavy atom. The fourth-order valence-corrected chi connectivity index (χ4v) is 11.2. The predicted octanol–water partition coefficient (Wildman–Crippen LogP) is 7.99. The highest BCUT2D eigenvalue weighted by atomic mass is 16.8. The van der Waals surface area contributed by atoms with Crippen molar-refractivity contribution in [2.75, 3.05) is 26.4 Å². The fraction of sp³-hybridized carbons (Fsp3) is 0.836. The maximum absolute atomic E-state index is 13.3. The summed E-state index contributed by atoms with van der Waals surface area (Å²) < 4.78 is 34.3. The lowest BCUT2D eigenvalue weighted by atomic mass is 9.96. The van der Waals surface area contributed by atoms with Gasteiger partial charge in [-0.2, -0.15) is 0 Å². The lowest BCUT2D eigenvalue weighted by molar-refractivity contribution is -0.379. The quantitative estimate of drug-likeness (QED) is 0.0203. The molecule has 3 rings (SSSR count). The average molecular weight is 1230 g/mol. The van der Waals surface area contributed by atoms with E-state index >= 15 is 0 Å². The van der Waals surface area contributed by atoms with E-state index in [-0.39, 0.29) is 18.9 Å². The molecule has 19 nitrogen and oxygen atoms in total. The van der Waals surface area contributed by atoms with Gasteiger partial charge in [-0.05, 0) is 57.8 Å². The second-order valence-electron chi connectivity index (χ2n) is 23.9. The summed E-state index contributed by atoms with van der Waals surface area (Å²) in [7, 11) is 0. The van der Waals surface area contributed by atoms with Crippen LogP contribution in [-0.4, -0.2) is 193 Å². The van der Waals surface area contributed by atoms with Crippen LogP contribution in [0.2, 0.25) is 0 Å². The summed E-state index contributed by atoms with van der Waals surface area (Å²) in [6, 6.07) is -0.885. The van der Waals surface area contributed by atoms with Crippen LogP contribution in [0.3, 0.4) is 0 Å². The Morgan fingerprint density at radius 3 is 1.26 bits per heavy atom. The SMILES string of the molecule is CC/C=C\C/C=C\C/C=C\C/C=C\C/C=C\CCCCCCCCCCCCCCCCCCCC(=O)NC(COC1OC(CO)C(OC2OC(CO)C(OC3OC(CO)C(O)C(O)C3O)C(O)C2O)C(O)C1O)C(O)CCCCCCCCCC. The minimum atomic E-state index is -1.97. The van der Waals surface area contributed by atoms with Gasteiger partial charge in [0.05, 0.1) is 38.6 Å². The summed E-state index contributed by atoms with van der Waals surface area (Å²) in [4.78, 5) is 13.3. The largest absolute Gasteiger partial charge is 0.394 e. The van der Waals surface area contributed by atoms with Crippen molar-refractivity contribution in [1.29, 1.82) is 0 Å². The molecule has 0 aromatic heterocycles. The zero-order valence-corrected chi connectivity index (χ0v) is 52.5. The summed E-state index contributed by atoms with van der Waals surface area (Å²) in [5, 5.41) is 120. The number of aliphatic hydroxyl groups excluding tert-OH is 11. The number of nitrogens with one attached hydrogen (secondary N) is 1. The monoisotopic (exact) mass is 1230 g/mol. The van der Waals surface area contributed by atoms with Gasteiger partial charge in [0.1, 0.15) is 73.2 Å². The molecule has 17 unspecified atom stereocenters. The second-order valence-corrected chi connectivity index (χ2v) is 23.9. The van der Waals surface area contributed by atoms with Crippen molar-refractivity contribution in [2.24, 2.45) is 0 Å². The summed E-state index contributed by atoms with van der Waals surface area (Å²) in [6.45, 7) is 1.63.